The van der Waals surface area contributed by atoms with Crippen molar-refractivity contribution in [3.8, 4) is 28.4 Å². The molecule has 1 saturated heterocycles. The zero-order chi connectivity index (χ0) is 21.9. The minimum absolute atomic E-state index is 0.328. The van der Waals surface area contributed by atoms with Crippen molar-refractivity contribution in [2.24, 2.45) is 0 Å². The number of fused-ring (bicyclic) bond motifs is 1. The van der Waals surface area contributed by atoms with Gasteiger partial charge in [-0.15, -0.1) is 0 Å². The molecule has 5 heteroatoms. The summed E-state index contributed by atoms with van der Waals surface area (Å²) in [5.74, 6) is 3.24. The largest absolute Gasteiger partial charge is 0.492 e. The Morgan fingerprint density at radius 3 is 2.50 bits per heavy atom. The smallest absolute Gasteiger partial charge is 0.262 e. The van der Waals surface area contributed by atoms with Gasteiger partial charge in [-0.25, -0.2) is 4.57 Å². The van der Waals surface area contributed by atoms with Crippen molar-refractivity contribution in [1.29, 1.82) is 0 Å². The molecule has 0 aliphatic carbocycles. The predicted molar refractivity (Wildman–Crippen MR) is 127 cm³/mol. The number of benzene rings is 2. The second-order valence-corrected chi connectivity index (χ2v) is 9.08. The highest BCUT2D eigenvalue weighted by Gasteiger charge is 2.28. The maximum atomic E-state index is 6.28. The molecule has 0 N–H and O–H groups in total. The summed E-state index contributed by atoms with van der Waals surface area (Å²) < 4.78 is 16.8. The number of methoxy groups -OCH3 is 1. The number of rotatable bonds is 5. The molecule has 0 unspecified atom stereocenters. The van der Waals surface area contributed by atoms with Crippen molar-refractivity contribution >= 4 is 0 Å². The van der Waals surface area contributed by atoms with Gasteiger partial charge in [0.05, 0.1) is 13.7 Å². The Bertz CT molecular complexity index is 1050. The van der Waals surface area contributed by atoms with Crippen molar-refractivity contribution in [2.75, 3.05) is 27.2 Å². The van der Waals surface area contributed by atoms with Gasteiger partial charge in [-0.1, -0.05) is 12.1 Å². The number of imidazole rings is 1. The summed E-state index contributed by atoms with van der Waals surface area (Å²) in [5.41, 5.74) is 3.60. The minimum Gasteiger partial charge on any atom is -0.492 e. The summed E-state index contributed by atoms with van der Waals surface area (Å²) in [6.07, 6.45) is 9.61. The Labute approximate surface area is 191 Å². The van der Waals surface area contributed by atoms with Crippen molar-refractivity contribution in [3.63, 3.8) is 0 Å². The molecule has 0 bridgehead atoms. The van der Waals surface area contributed by atoms with Gasteiger partial charge in [-0.2, -0.15) is 4.57 Å². The molecule has 0 spiro atoms. The number of nitrogens with zero attached hydrogens (tertiary/aromatic N) is 3. The van der Waals surface area contributed by atoms with Crippen LogP contribution in [0.15, 0.2) is 54.7 Å². The number of piperidine rings is 1. The van der Waals surface area contributed by atoms with E-state index < -0.39 is 0 Å². The van der Waals surface area contributed by atoms with E-state index in [0.29, 0.717) is 6.10 Å². The second kappa shape index (κ2) is 9.37. The molecule has 2 aliphatic heterocycles. The van der Waals surface area contributed by atoms with Gasteiger partial charge in [0, 0.05) is 25.1 Å². The monoisotopic (exact) mass is 432 g/mol. The van der Waals surface area contributed by atoms with Crippen LogP contribution in [0.25, 0.3) is 16.9 Å². The first-order valence-electron chi connectivity index (χ1n) is 12.0. The average Bonchev–Trinajstić information content (AvgIpc) is 3.01. The first-order valence-corrected chi connectivity index (χ1v) is 12.0. The van der Waals surface area contributed by atoms with Gasteiger partial charge < -0.3 is 14.4 Å². The maximum absolute atomic E-state index is 6.28. The summed E-state index contributed by atoms with van der Waals surface area (Å²) in [7, 11) is 3.93. The molecule has 3 aromatic rings. The number of para-hydroxylation sites is 2. The first-order chi connectivity index (χ1) is 15.7. The van der Waals surface area contributed by atoms with Crippen LogP contribution in [-0.2, 0) is 13.0 Å². The van der Waals surface area contributed by atoms with Gasteiger partial charge in [0.1, 0.15) is 18.1 Å². The molecule has 2 aromatic carbocycles. The Balaban J connectivity index is 1.46. The van der Waals surface area contributed by atoms with Crippen molar-refractivity contribution in [2.45, 2.75) is 51.2 Å². The molecular formula is C27H34N3O2+. The van der Waals surface area contributed by atoms with E-state index in [4.69, 9.17) is 9.47 Å². The third-order valence-corrected chi connectivity index (χ3v) is 6.88. The van der Waals surface area contributed by atoms with Gasteiger partial charge >= 0.3 is 0 Å². The Hall–Kier alpha value is -2.79. The highest BCUT2D eigenvalue weighted by atomic mass is 16.5. The molecule has 1 aromatic heterocycles. The average molecular weight is 433 g/mol. The quantitative estimate of drug-likeness (QED) is 0.550. The van der Waals surface area contributed by atoms with E-state index in [1.165, 1.54) is 36.3 Å². The molecule has 0 atom stereocenters. The van der Waals surface area contributed by atoms with Crippen LogP contribution in [0.3, 0.4) is 0 Å². The number of ether oxygens (including phenoxy) is 2. The summed E-state index contributed by atoms with van der Waals surface area (Å²) in [6.45, 7) is 3.28. The van der Waals surface area contributed by atoms with Gasteiger partial charge in [0.2, 0.25) is 0 Å². The third kappa shape index (κ3) is 4.26. The molecule has 0 radical (unpaired) electrons. The second-order valence-electron chi connectivity index (χ2n) is 9.08. The molecule has 5 nitrogen and oxygen atoms in total. The topological polar surface area (TPSA) is 30.5 Å². The fraction of sp³-hybridized carbons (Fsp3) is 0.444. The molecule has 1 fully saturated rings. The fourth-order valence-corrected chi connectivity index (χ4v) is 5.04. The van der Waals surface area contributed by atoms with E-state index >= 15 is 0 Å². The summed E-state index contributed by atoms with van der Waals surface area (Å²) >= 11 is 0. The van der Waals surface area contributed by atoms with Crippen LogP contribution in [-0.4, -0.2) is 42.8 Å². The zero-order valence-corrected chi connectivity index (χ0v) is 19.3. The molecule has 0 amide bonds. The normalized spacial score (nSPS) is 17.6. The van der Waals surface area contributed by atoms with E-state index in [1.54, 1.807) is 7.11 Å². The first kappa shape index (κ1) is 21.1. The van der Waals surface area contributed by atoms with Crippen LogP contribution in [0.4, 0.5) is 0 Å². The van der Waals surface area contributed by atoms with E-state index in [9.17, 15) is 0 Å². The number of likely N-dealkylation sites (tertiary alicyclic amines) is 1. The van der Waals surface area contributed by atoms with Gasteiger partial charge in [-0.05, 0) is 75.5 Å². The lowest BCUT2D eigenvalue weighted by molar-refractivity contribution is -0.692. The van der Waals surface area contributed by atoms with Crippen molar-refractivity contribution in [3.05, 3.63) is 60.6 Å². The lowest BCUT2D eigenvalue weighted by Crippen LogP contribution is -2.38. The lowest BCUT2D eigenvalue weighted by atomic mass is 10.1. The molecule has 2 aliphatic rings. The van der Waals surface area contributed by atoms with Crippen molar-refractivity contribution < 1.29 is 14.0 Å². The standard InChI is InChI=1S/C27H34N3O2/c1-28-18-15-23(16-19-28)32-22-13-11-21(12-14-22)25-20-30(24-8-5-6-9-26(24)31-2)27-10-4-3-7-17-29(25)27/h5-6,8-9,11-14,20,23H,3-4,7,10,15-19H2,1-2H3/q+1. The Morgan fingerprint density at radius 2 is 1.72 bits per heavy atom. The van der Waals surface area contributed by atoms with E-state index in [1.807, 2.05) is 12.1 Å². The summed E-state index contributed by atoms with van der Waals surface area (Å²) in [4.78, 5) is 2.37. The van der Waals surface area contributed by atoms with Crippen LogP contribution in [0.1, 0.15) is 37.9 Å². The van der Waals surface area contributed by atoms with Crippen molar-refractivity contribution in [1.82, 2.24) is 9.47 Å². The number of hydrogen-bond donors (Lipinski definition) is 0. The van der Waals surface area contributed by atoms with Crippen LogP contribution in [0, 0.1) is 0 Å². The van der Waals surface area contributed by atoms with Gasteiger partial charge in [-0.3, -0.25) is 0 Å². The number of hydrogen-bond acceptors (Lipinski definition) is 3. The third-order valence-electron chi connectivity index (χ3n) is 6.88. The van der Waals surface area contributed by atoms with Crippen LogP contribution < -0.4 is 14.0 Å². The molecule has 0 saturated carbocycles. The molecular weight excluding hydrogens is 398 g/mol. The molecule has 32 heavy (non-hydrogen) atoms. The summed E-state index contributed by atoms with van der Waals surface area (Å²) in [5, 5.41) is 0. The Morgan fingerprint density at radius 1 is 0.938 bits per heavy atom. The van der Waals surface area contributed by atoms with Gasteiger partial charge in [0.25, 0.3) is 5.82 Å². The van der Waals surface area contributed by atoms with E-state index in [-0.39, 0.29) is 0 Å². The van der Waals surface area contributed by atoms with E-state index in [2.05, 4.69) is 63.7 Å². The highest BCUT2D eigenvalue weighted by Crippen LogP contribution is 2.29. The van der Waals surface area contributed by atoms with Crippen LogP contribution in [0.2, 0.25) is 0 Å². The minimum atomic E-state index is 0.328. The molecule has 168 valence electrons. The van der Waals surface area contributed by atoms with E-state index in [0.717, 1.165) is 56.1 Å². The SMILES string of the molecule is COc1ccccc1-n1cc(-c2ccc(OC3CCN(C)CC3)cc2)[n+]2c1CCCCC2. The highest BCUT2D eigenvalue weighted by molar-refractivity contribution is 5.59. The van der Waals surface area contributed by atoms with Gasteiger partial charge in [0.15, 0.2) is 17.1 Å². The van der Waals surface area contributed by atoms with Crippen LogP contribution in [0.5, 0.6) is 11.5 Å². The molecule has 3 heterocycles. The maximum Gasteiger partial charge on any atom is 0.262 e. The molecule has 5 rings (SSSR count). The summed E-state index contributed by atoms with van der Waals surface area (Å²) in [6, 6.07) is 17.0. The Kier molecular flexibility index (Phi) is 6.17. The number of aromatic nitrogens is 2. The van der Waals surface area contributed by atoms with Crippen LogP contribution >= 0.6 is 0 Å². The zero-order valence-electron chi connectivity index (χ0n) is 19.3. The fourth-order valence-electron chi connectivity index (χ4n) is 5.04. The predicted octanol–water partition coefficient (Wildman–Crippen LogP) is 4.64. The lowest BCUT2D eigenvalue weighted by Gasteiger charge is -2.29.